The lowest BCUT2D eigenvalue weighted by molar-refractivity contribution is 0.102. The van der Waals surface area contributed by atoms with E-state index in [1.165, 1.54) is 19.2 Å². The van der Waals surface area contributed by atoms with E-state index in [0.717, 1.165) is 0 Å². The number of carbonyl (C=O) groups excluding carboxylic acids is 1. The number of benzene rings is 1. The maximum Gasteiger partial charge on any atom is 0.291 e. The molecule has 0 aliphatic heterocycles. The molecule has 20 heavy (non-hydrogen) atoms. The number of aromatic nitrogens is 2. The highest BCUT2D eigenvalue weighted by Gasteiger charge is 2.18. The van der Waals surface area contributed by atoms with Gasteiger partial charge in [0.25, 0.3) is 12.3 Å². The molecule has 1 heterocycles. The van der Waals surface area contributed by atoms with Crippen LogP contribution in [-0.2, 0) is 0 Å². The number of hydrogen-bond donors (Lipinski definition) is 1. The molecular weight excluding hydrogens is 312 g/mol. The number of methoxy groups -OCH3 is 1. The molecule has 0 bridgehead atoms. The highest BCUT2D eigenvalue weighted by Crippen LogP contribution is 2.27. The predicted molar refractivity (Wildman–Crippen MR) is 70.8 cm³/mol. The fraction of sp³-hybridized carbons (Fsp3) is 0.182. The smallest absolute Gasteiger partial charge is 0.291 e. The van der Waals surface area contributed by atoms with Crippen molar-refractivity contribution in [3.63, 3.8) is 0 Å². The van der Waals surface area contributed by atoms with Gasteiger partial charge in [0.2, 0.25) is 5.13 Å². The Balaban J connectivity index is 2.21. The summed E-state index contributed by atoms with van der Waals surface area (Å²) >= 11 is 6.41. The van der Waals surface area contributed by atoms with E-state index in [1.54, 1.807) is 6.07 Å². The van der Waals surface area contributed by atoms with Crippen molar-refractivity contribution in [2.75, 3.05) is 12.4 Å². The van der Waals surface area contributed by atoms with Gasteiger partial charge in [-0.1, -0.05) is 22.9 Å². The van der Waals surface area contributed by atoms with Crippen LogP contribution < -0.4 is 10.1 Å². The first-order valence-corrected chi connectivity index (χ1v) is 6.47. The van der Waals surface area contributed by atoms with Gasteiger partial charge >= 0.3 is 0 Å². The van der Waals surface area contributed by atoms with E-state index in [2.05, 4.69) is 15.5 Å². The lowest BCUT2D eigenvalue weighted by atomic mass is 10.2. The Kier molecular flexibility index (Phi) is 4.46. The van der Waals surface area contributed by atoms with Gasteiger partial charge in [0, 0.05) is 5.02 Å². The van der Waals surface area contributed by atoms with E-state index in [1.807, 2.05) is 0 Å². The van der Waals surface area contributed by atoms with Crippen molar-refractivity contribution in [1.29, 1.82) is 0 Å². The van der Waals surface area contributed by atoms with Gasteiger partial charge in [-0.2, -0.15) is 0 Å². The zero-order chi connectivity index (χ0) is 14.7. The summed E-state index contributed by atoms with van der Waals surface area (Å²) in [4.78, 5) is 12.0. The topological polar surface area (TPSA) is 64.1 Å². The zero-order valence-corrected chi connectivity index (χ0v) is 11.6. The molecule has 1 aromatic carbocycles. The molecule has 0 saturated carbocycles. The van der Waals surface area contributed by atoms with Crippen LogP contribution in [0.5, 0.6) is 5.75 Å². The molecule has 1 amide bonds. The van der Waals surface area contributed by atoms with Crippen LogP contribution in [-0.4, -0.2) is 23.2 Å². The molecule has 5 nitrogen and oxygen atoms in total. The largest absolute Gasteiger partial charge is 0.496 e. The molecule has 1 N–H and O–H groups in total. The van der Waals surface area contributed by atoms with Crippen molar-refractivity contribution < 1.29 is 18.3 Å². The lowest BCUT2D eigenvalue weighted by Gasteiger charge is -2.07. The minimum Gasteiger partial charge on any atom is -0.496 e. The van der Waals surface area contributed by atoms with E-state index >= 15 is 0 Å². The van der Waals surface area contributed by atoms with Gasteiger partial charge in [-0.15, -0.1) is 10.2 Å². The number of halogens is 3. The summed E-state index contributed by atoms with van der Waals surface area (Å²) in [7, 11) is 1.40. The molecule has 2 rings (SSSR count). The van der Waals surface area contributed by atoms with Gasteiger partial charge in [-0.05, 0) is 18.2 Å². The summed E-state index contributed by atoms with van der Waals surface area (Å²) in [5.41, 5.74) is 0.175. The zero-order valence-electron chi connectivity index (χ0n) is 10.1. The van der Waals surface area contributed by atoms with Crippen LogP contribution >= 0.6 is 22.9 Å². The third kappa shape index (κ3) is 3.20. The molecule has 0 atom stereocenters. The van der Waals surface area contributed by atoms with Crippen molar-refractivity contribution >= 4 is 34.0 Å². The minimum absolute atomic E-state index is 0.0210. The van der Waals surface area contributed by atoms with Crippen LogP contribution in [0.2, 0.25) is 5.02 Å². The van der Waals surface area contributed by atoms with Crippen molar-refractivity contribution in [2.45, 2.75) is 6.43 Å². The van der Waals surface area contributed by atoms with Gasteiger partial charge in [0.05, 0.1) is 12.7 Å². The third-order valence-corrected chi connectivity index (χ3v) is 3.34. The average Bonchev–Trinajstić information content (AvgIpc) is 2.87. The lowest BCUT2D eigenvalue weighted by Crippen LogP contribution is -2.13. The molecule has 0 aliphatic rings. The number of rotatable bonds is 4. The SMILES string of the molecule is COc1ccc(Cl)cc1C(=O)Nc1nnc(C(F)F)s1. The van der Waals surface area contributed by atoms with Crippen molar-refractivity contribution in [3.8, 4) is 5.75 Å². The van der Waals surface area contributed by atoms with Crippen molar-refractivity contribution in [3.05, 3.63) is 33.8 Å². The van der Waals surface area contributed by atoms with Gasteiger partial charge in [-0.25, -0.2) is 8.78 Å². The first-order chi connectivity index (χ1) is 9.51. The quantitative estimate of drug-likeness (QED) is 0.938. The molecule has 0 fully saturated rings. The fourth-order valence-corrected chi connectivity index (χ4v) is 2.16. The van der Waals surface area contributed by atoms with Gasteiger partial charge in [0.1, 0.15) is 5.75 Å². The number of amides is 1. The first-order valence-electron chi connectivity index (χ1n) is 5.27. The predicted octanol–water partition coefficient (Wildman–Crippen LogP) is 3.39. The Hall–Kier alpha value is -1.80. The standard InChI is InChI=1S/C11H8ClF2N3O2S/c1-19-7-3-2-5(12)4-6(7)9(18)15-11-17-16-10(20-11)8(13)14/h2-4,8H,1H3,(H,15,17,18). The summed E-state index contributed by atoms with van der Waals surface area (Å²) in [5.74, 6) is -0.258. The second-order valence-corrected chi connectivity index (χ2v) is 4.99. The number of nitrogens with one attached hydrogen (secondary N) is 1. The number of nitrogens with zero attached hydrogens (tertiary/aromatic N) is 2. The molecule has 2 aromatic rings. The number of ether oxygens (including phenoxy) is 1. The molecule has 0 unspecified atom stereocenters. The third-order valence-electron chi connectivity index (χ3n) is 2.25. The monoisotopic (exact) mass is 319 g/mol. The van der Waals surface area contributed by atoms with Gasteiger partial charge < -0.3 is 4.74 Å². The summed E-state index contributed by atoms with van der Waals surface area (Å²) in [6, 6.07) is 4.50. The van der Waals surface area contributed by atoms with E-state index in [4.69, 9.17) is 16.3 Å². The molecule has 106 valence electrons. The number of hydrogen-bond acceptors (Lipinski definition) is 5. The van der Waals surface area contributed by atoms with Crippen LogP contribution in [0.4, 0.5) is 13.9 Å². The van der Waals surface area contributed by atoms with E-state index < -0.39 is 17.3 Å². The van der Waals surface area contributed by atoms with Crippen molar-refractivity contribution in [1.82, 2.24) is 10.2 Å². The summed E-state index contributed by atoms with van der Waals surface area (Å²) in [6.07, 6.45) is -2.72. The fourth-order valence-electron chi connectivity index (χ4n) is 1.40. The maximum absolute atomic E-state index is 12.4. The first kappa shape index (κ1) is 14.6. The highest BCUT2D eigenvalue weighted by atomic mass is 35.5. The Morgan fingerprint density at radius 3 is 2.80 bits per heavy atom. The molecule has 0 radical (unpaired) electrons. The number of alkyl halides is 2. The van der Waals surface area contributed by atoms with Crippen LogP contribution in [0.25, 0.3) is 0 Å². The van der Waals surface area contributed by atoms with E-state index in [-0.39, 0.29) is 10.7 Å². The molecular formula is C11H8ClF2N3O2S. The van der Waals surface area contributed by atoms with E-state index in [0.29, 0.717) is 22.1 Å². The molecule has 0 aliphatic carbocycles. The molecule has 9 heteroatoms. The highest BCUT2D eigenvalue weighted by molar-refractivity contribution is 7.15. The van der Waals surface area contributed by atoms with Crippen LogP contribution in [0.15, 0.2) is 18.2 Å². The van der Waals surface area contributed by atoms with E-state index in [9.17, 15) is 13.6 Å². The average molecular weight is 320 g/mol. The summed E-state index contributed by atoms with van der Waals surface area (Å²) in [6.45, 7) is 0. The Labute approximate surface area is 121 Å². The van der Waals surface area contributed by atoms with Crippen LogP contribution in [0.3, 0.4) is 0 Å². The van der Waals surface area contributed by atoms with Gasteiger partial charge in [-0.3, -0.25) is 10.1 Å². The maximum atomic E-state index is 12.4. The number of carbonyl (C=O) groups is 1. The summed E-state index contributed by atoms with van der Waals surface area (Å²) < 4.78 is 29.8. The molecule has 0 spiro atoms. The van der Waals surface area contributed by atoms with Crippen molar-refractivity contribution in [2.24, 2.45) is 0 Å². The Bertz CT molecular complexity index is 636. The minimum atomic E-state index is -2.72. The van der Waals surface area contributed by atoms with Crippen LogP contribution in [0, 0.1) is 0 Å². The molecule has 1 aromatic heterocycles. The molecule has 0 saturated heterocycles. The van der Waals surface area contributed by atoms with Crippen LogP contribution in [0.1, 0.15) is 21.8 Å². The number of anilines is 1. The Morgan fingerprint density at radius 2 is 2.20 bits per heavy atom. The second kappa shape index (κ2) is 6.10. The second-order valence-electron chi connectivity index (χ2n) is 3.54. The normalized spacial score (nSPS) is 10.7. The summed E-state index contributed by atoms with van der Waals surface area (Å²) in [5, 5.41) is 8.97. The van der Waals surface area contributed by atoms with Gasteiger partial charge in [0.15, 0.2) is 5.01 Å². The Morgan fingerprint density at radius 1 is 1.45 bits per heavy atom.